The fraction of sp³-hybridized carbons (Fsp3) is 0.389. The summed E-state index contributed by atoms with van der Waals surface area (Å²) in [4.78, 5) is 18.3. The minimum Gasteiger partial charge on any atom is -0.497 e. The number of benzene rings is 1. The van der Waals surface area contributed by atoms with Crippen molar-refractivity contribution >= 4 is 22.7 Å². The van der Waals surface area contributed by atoms with Gasteiger partial charge in [0.25, 0.3) is 0 Å². The number of H-pyrrole nitrogens is 1. The van der Waals surface area contributed by atoms with Crippen LogP contribution in [0.5, 0.6) is 11.5 Å². The number of nitrogens with zero attached hydrogens (tertiary/aromatic N) is 4. The van der Waals surface area contributed by atoms with Gasteiger partial charge in [-0.3, -0.25) is 0 Å². The zero-order valence-corrected chi connectivity index (χ0v) is 14.9. The van der Waals surface area contributed by atoms with Crippen LogP contribution in [-0.4, -0.2) is 53.3 Å². The summed E-state index contributed by atoms with van der Waals surface area (Å²) in [6, 6.07) is 6.14. The lowest BCUT2D eigenvalue weighted by molar-refractivity contribution is 0.394. The Labute approximate surface area is 151 Å². The van der Waals surface area contributed by atoms with Crippen LogP contribution in [0.25, 0.3) is 11.2 Å². The van der Waals surface area contributed by atoms with Gasteiger partial charge < -0.3 is 24.7 Å². The van der Waals surface area contributed by atoms with Crippen LogP contribution in [0.3, 0.4) is 0 Å². The SMILES string of the molecule is COc1cc(NC2CCCN(c3ncnc4nc[nH]c34)C2)cc(OC)c1. The summed E-state index contributed by atoms with van der Waals surface area (Å²) in [5, 5.41) is 3.60. The van der Waals surface area contributed by atoms with Crippen LogP contribution < -0.4 is 19.7 Å². The standard InChI is InChI=1S/C18H22N6O2/c1-25-14-6-13(7-15(8-14)26-2)23-12-4-3-5-24(9-12)18-16-17(20-10-19-16)21-11-22-18/h6-8,10-12,23H,3-5,9H2,1-2H3,(H,19,20,21,22). The molecule has 0 aliphatic carbocycles. The third-order valence-corrected chi connectivity index (χ3v) is 4.65. The van der Waals surface area contributed by atoms with E-state index in [1.807, 2.05) is 18.2 Å². The molecule has 8 nitrogen and oxygen atoms in total. The fourth-order valence-corrected chi connectivity index (χ4v) is 3.41. The molecule has 8 heteroatoms. The van der Waals surface area contributed by atoms with Crippen LogP contribution in [-0.2, 0) is 0 Å². The highest BCUT2D eigenvalue weighted by Crippen LogP contribution is 2.28. The molecule has 3 aromatic rings. The minimum absolute atomic E-state index is 0.300. The lowest BCUT2D eigenvalue weighted by Gasteiger charge is -2.34. The first-order valence-corrected chi connectivity index (χ1v) is 8.65. The second-order valence-electron chi connectivity index (χ2n) is 6.33. The van der Waals surface area contributed by atoms with Crippen LogP contribution >= 0.6 is 0 Å². The van der Waals surface area contributed by atoms with Gasteiger partial charge in [0.05, 0.1) is 20.5 Å². The monoisotopic (exact) mass is 354 g/mol. The summed E-state index contributed by atoms with van der Waals surface area (Å²) in [6.07, 6.45) is 5.40. The Morgan fingerprint density at radius 3 is 2.69 bits per heavy atom. The van der Waals surface area contributed by atoms with Crippen LogP contribution in [0.2, 0.25) is 0 Å². The molecule has 1 saturated heterocycles. The Hall–Kier alpha value is -3.03. The number of ether oxygens (including phenoxy) is 2. The van der Waals surface area contributed by atoms with E-state index in [9.17, 15) is 0 Å². The topological polar surface area (TPSA) is 88.2 Å². The van der Waals surface area contributed by atoms with Crippen molar-refractivity contribution in [1.82, 2.24) is 19.9 Å². The second kappa shape index (κ2) is 7.07. The first kappa shape index (κ1) is 16.4. The van der Waals surface area contributed by atoms with Crippen molar-refractivity contribution in [2.45, 2.75) is 18.9 Å². The summed E-state index contributed by atoms with van der Waals surface area (Å²) in [7, 11) is 3.32. The largest absolute Gasteiger partial charge is 0.497 e. The molecule has 2 aromatic heterocycles. The van der Waals surface area contributed by atoms with Gasteiger partial charge in [-0.05, 0) is 12.8 Å². The predicted octanol–water partition coefficient (Wildman–Crippen LogP) is 2.45. The summed E-state index contributed by atoms with van der Waals surface area (Å²) in [5.41, 5.74) is 2.57. The van der Waals surface area contributed by atoms with Gasteiger partial charge in [0.2, 0.25) is 0 Å². The van der Waals surface area contributed by atoms with Crippen LogP contribution in [0.1, 0.15) is 12.8 Å². The van der Waals surface area contributed by atoms with Crippen molar-refractivity contribution in [1.29, 1.82) is 0 Å². The molecule has 1 fully saturated rings. The van der Waals surface area contributed by atoms with Crippen molar-refractivity contribution in [3.63, 3.8) is 0 Å². The van der Waals surface area contributed by atoms with E-state index in [2.05, 4.69) is 30.2 Å². The lowest BCUT2D eigenvalue weighted by Crippen LogP contribution is -2.42. The quantitative estimate of drug-likeness (QED) is 0.727. The van der Waals surface area contributed by atoms with E-state index in [1.165, 1.54) is 0 Å². The minimum atomic E-state index is 0.300. The molecule has 1 unspecified atom stereocenters. The Kier molecular flexibility index (Phi) is 4.47. The fourth-order valence-electron chi connectivity index (χ4n) is 3.41. The van der Waals surface area contributed by atoms with E-state index in [0.29, 0.717) is 11.7 Å². The van der Waals surface area contributed by atoms with E-state index < -0.39 is 0 Å². The molecular formula is C18H22N6O2. The summed E-state index contributed by atoms with van der Waals surface area (Å²) in [5.74, 6) is 2.45. The van der Waals surface area contributed by atoms with Crippen LogP contribution in [0.4, 0.5) is 11.5 Å². The third kappa shape index (κ3) is 3.22. The van der Waals surface area contributed by atoms with Gasteiger partial charge in [-0.25, -0.2) is 15.0 Å². The molecule has 0 radical (unpaired) electrons. The van der Waals surface area contributed by atoms with Crippen molar-refractivity contribution in [2.24, 2.45) is 0 Å². The maximum Gasteiger partial charge on any atom is 0.182 e. The molecule has 26 heavy (non-hydrogen) atoms. The number of piperidine rings is 1. The lowest BCUT2D eigenvalue weighted by atomic mass is 10.0. The average molecular weight is 354 g/mol. The van der Waals surface area contributed by atoms with Gasteiger partial charge in [-0.2, -0.15) is 0 Å². The van der Waals surface area contributed by atoms with Gasteiger partial charge in [-0.15, -0.1) is 0 Å². The summed E-state index contributed by atoms with van der Waals surface area (Å²) in [6.45, 7) is 1.81. The Balaban J connectivity index is 1.53. The maximum atomic E-state index is 5.36. The number of nitrogens with one attached hydrogen (secondary N) is 2. The van der Waals surface area contributed by atoms with Crippen molar-refractivity contribution in [3.8, 4) is 11.5 Å². The molecule has 136 valence electrons. The Morgan fingerprint density at radius 1 is 1.12 bits per heavy atom. The molecule has 1 aromatic carbocycles. The number of hydrogen-bond acceptors (Lipinski definition) is 7. The first-order chi connectivity index (χ1) is 12.8. The van der Waals surface area contributed by atoms with Gasteiger partial charge in [0, 0.05) is 43.0 Å². The summed E-state index contributed by atoms with van der Waals surface area (Å²) < 4.78 is 10.7. The Bertz CT molecular complexity index is 874. The molecule has 4 rings (SSSR count). The van der Waals surface area contributed by atoms with E-state index >= 15 is 0 Å². The third-order valence-electron chi connectivity index (χ3n) is 4.65. The van der Waals surface area contributed by atoms with E-state index in [1.54, 1.807) is 26.9 Å². The number of imidazole rings is 1. The maximum absolute atomic E-state index is 5.36. The summed E-state index contributed by atoms with van der Waals surface area (Å²) >= 11 is 0. The molecule has 0 saturated carbocycles. The molecule has 0 amide bonds. The highest BCUT2D eigenvalue weighted by Gasteiger charge is 2.23. The number of hydrogen-bond donors (Lipinski definition) is 2. The first-order valence-electron chi connectivity index (χ1n) is 8.65. The van der Waals surface area contributed by atoms with E-state index in [4.69, 9.17) is 9.47 Å². The molecule has 3 heterocycles. The zero-order chi connectivity index (χ0) is 17.9. The highest BCUT2D eigenvalue weighted by atomic mass is 16.5. The zero-order valence-electron chi connectivity index (χ0n) is 14.9. The number of aromatic amines is 1. The van der Waals surface area contributed by atoms with Crippen LogP contribution in [0, 0.1) is 0 Å². The normalized spacial score (nSPS) is 17.3. The number of rotatable bonds is 5. The van der Waals surface area contributed by atoms with Crippen molar-refractivity contribution in [2.75, 3.05) is 37.5 Å². The molecule has 2 N–H and O–H groups in total. The van der Waals surface area contributed by atoms with Gasteiger partial charge in [0.1, 0.15) is 23.3 Å². The van der Waals surface area contributed by atoms with Crippen molar-refractivity contribution < 1.29 is 9.47 Å². The van der Waals surface area contributed by atoms with Crippen LogP contribution in [0.15, 0.2) is 30.9 Å². The van der Waals surface area contributed by atoms with E-state index in [-0.39, 0.29) is 0 Å². The molecular weight excluding hydrogens is 332 g/mol. The Morgan fingerprint density at radius 2 is 1.92 bits per heavy atom. The smallest absolute Gasteiger partial charge is 0.182 e. The van der Waals surface area contributed by atoms with Crippen molar-refractivity contribution in [3.05, 3.63) is 30.9 Å². The van der Waals surface area contributed by atoms with Gasteiger partial charge in [-0.1, -0.05) is 0 Å². The number of anilines is 2. The predicted molar refractivity (Wildman–Crippen MR) is 100 cm³/mol. The van der Waals surface area contributed by atoms with Gasteiger partial charge in [0.15, 0.2) is 11.5 Å². The molecule has 1 atom stereocenters. The molecule has 1 aliphatic heterocycles. The van der Waals surface area contributed by atoms with E-state index in [0.717, 1.165) is 54.5 Å². The highest BCUT2D eigenvalue weighted by molar-refractivity contribution is 5.82. The van der Waals surface area contributed by atoms with Gasteiger partial charge >= 0.3 is 0 Å². The number of methoxy groups -OCH3 is 2. The number of aromatic nitrogens is 4. The molecule has 0 spiro atoms. The second-order valence-corrected chi connectivity index (χ2v) is 6.33. The molecule has 1 aliphatic rings. The molecule has 0 bridgehead atoms. The average Bonchev–Trinajstić information content (AvgIpc) is 3.16. The number of fused-ring (bicyclic) bond motifs is 1.